The Morgan fingerprint density at radius 1 is 0.745 bits per heavy atom. The van der Waals surface area contributed by atoms with Gasteiger partial charge in [-0.15, -0.1) is 23.2 Å². The molecule has 2 aromatic carbocycles. The zero-order chi connectivity index (χ0) is 39.7. The SMILES string of the molecule is C.Cc1ccc(NC(=O)NC2CCN(C(=O)c3ccoc3C)CC2)cc1.Cc1ccc(NC(=O)NC2CCNCC2)cc1.Cc1ccco1.ClCCl.O=C=O.[2HH]. The predicted octanol–water partition coefficient (Wildman–Crippen LogP) is 8.50. The maximum absolute atomic E-state index is 12.4. The van der Waals surface area contributed by atoms with E-state index in [1.54, 1.807) is 19.3 Å². The van der Waals surface area contributed by atoms with E-state index in [-0.39, 0.29) is 44.4 Å². The molecule has 0 bridgehead atoms. The van der Waals surface area contributed by atoms with Gasteiger partial charge in [-0.2, -0.15) is 9.59 Å². The molecule has 0 aliphatic carbocycles. The van der Waals surface area contributed by atoms with Crippen LogP contribution in [0.1, 0.15) is 67.5 Å². The van der Waals surface area contributed by atoms with E-state index in [9.17, 15) is 14.4 Å². The average Bonchev–Trinajstić information content (AvgIpc) is 3.82. The Balaban J connectivity index is 0.000000840. The number of carbonyl (C=O) groups is 3. The fourth-order valence-corrected chi connectivity index (χ4v) is 5.31. The van der Waals surface area contributed by atoms with Crippen molar-refractivity contribution in [2.45, 2.75) is 72.9 Å². The summed E-state index contributed by atoms with van der Waals surface area (Å²) in [5.41, 5.74) is 4.56. The molecule has 2 fully saturated rings. The van der Waals surface area contributed by atoms with E-state index < -0.39 is 0 Å². The lowest BCUT2D eigenvalue weighted by molar-refractivity contribution is -0.191. The van der Waals surface area contributed by atoms with Crippen molar-refractivity contribution in [3.8, 4) is 0 Å². The van der Waals surface area contributed by atoms with Crippen molar-refractivity contribution in [2.24, 2.45) is 0 Å². The van der Waals surface area contributed by atoms with E-state index in [1.165, 1.54) is 11.8 Å². The highest BCUT2D eigenvalue weighted by Crippen LogP contribution is 2.17. The summed E-state index contributed by atoms with van der Waals surface area (Å²) in [5, 5.41) is 15.1. The molecule has 6 rings (SSSR count). The molecule has 302 valence electrons. The Labute approximate surface area is 335 Å². The summed E-state index contributed by atoms with van der Waals surface area (Å²) in [6.07, 6.45) is 6.93. The number of piperidine rings is 2. The van der Waals surface area contributed by atoms with Gasteiger partial charge in [0.2, 0.25) is 0 Å². The minimum absolute atomic E-state index is 0. The summed E-state index contributed by atoms with van der Waals surface area (Å²) in [6.45, 7) is 10.9. The van der Waals surface area contributed by atoms with Crippen LogP contribution in [0.25, 0.3) is 0 Å². The predicted molar refractivity (Wildman–Crippen MR) is 219 cm³/mol. The Morgan fingerprint density at radius 3 is 1.56 bits per heavy atom. The van der Waals surface area contributed by atoms with Crippen LogP contribution in [0.3, 0.4) is 0 Å². The lowest BCUT2D eigenvalue weighted by atomic mass is 10.0. The Hall–Kier alpha value is -5.07. The number of rotatable bonds is 5. The van der Waals surface area contributed by atoms with Crippen molar-refractivity contribution >= 4 is 58.7 Å². The first-order valence-electron chi connectivity index (χ1n) is 17.4. The summed E-state index contributed by atoms with van der Waals surface area (Å²) in [4.78, 5) is 54.3. The van der Waals surface area contributed by atoms with Gasteiger partial charge in [0.15, 0.2) is 0 Å². The van der Waals surface area contributed by atoms with Gasteiger partial charge < -0.3 is 40.3 Å². The van der Waals surface area contributed by atoms with Gasteiger partial charge in [0.1, 0.15) is 11.5 Å². The molecule has 2 aliphatic heterocycles. The maximum Gasteiger partial charge on any atom is 0.373 e. The quantitative estimate of drug-likeness (QED) is 0.125. The van der Waals surface area contributed by atoms with Crippen LogP contribution in [0.15, 0.2) is 88.1 Å². The third kappa shape index (κ3) is 19.7. The summed E-state index contributed by atoms with van der Waals surface area (Å²) in [5.74, 6) is 1.60. The van der Waals surface area contributed by atoms with Gasteiger partial charge in [0, 0.05) is 38.0 Å². The van der Waals surface area contributed by atoms with E-state index in [4.69, 9.17) is 41.6 Å². The number of hydrogen-bond acceptors (Lipinski definition) is 8. The van der Waals surface area contributed by atoms with E-state index in [1.807, 2.05) is 86.3 Å². The lowest BCUT2D eigenvalue weighted by Crippen LogP contribution is -2.47. The number of carbonyl (C=O) groups excluding carboxylic acids is 5. The number of urea groups is 2. The Kier molecular flexibility index (Phi) is 24.0. The number of alkyl halides is 2. The molecule has 0 atom stereocenters. The second-order valence-corrected chi connectivity index (χ2v) is 13.1. The fourth-order valence-electron chi connectivity index (χ4n) is 5.31. The molecule has 2 saturated heterocycles. The number of halogens is 2. The molecule has 4 aromatic rings. The molecule has 2 aromatic heterocycles. The van der Waals surface area contributed by atoms with Crippen molar-refractivity contribution in [1.29, 1.82) is 0 Å². The van der Waals surface area contributed by atoms with Gasteiger partial charge in [0.05, 0.1) is 23.4 Å². The van der Waals surface area contributed by atoms with Crippen molar-refractivity contribution in [1.82, 2.24) is 20.9 Å². The van der Waals surface area contributed by atoms with Crippen LogP contribution in [-0.4, -0.2) is 72.6 Å². The molecule has 4 heterocycles. The summed E-state index contributed by atoms with van der Waals surface area (Å²) in [7, 11) is 0. The molecule has 2 aliphatic rings. The molecule has 13 nitrogen and oxygen atoms in total. The van der Waals surface area contributed by atoms with Crippen molar-refractivity contribution in [2.75, 3.05) is 42.2 Å². The molecule has 5 amide bonds. The van der Waals surface area contributed by atoms with Crippen LogP contribution < -0.4 is 26.6 Å². The molecule has 5 N–H and O–H groups in total. The first-order valence-corrected chi connectivity index (χ1v) is 18.5. The first-order chi connectivity index (χ1) is 26.0. The third-order valence-electron chi connectivity index (χ3n) is 8.16. The summed E-state index contributed by atoms with van der Waals surface area (Å²) < 4.78 is 10.0. The van der Waals surface area contributed by atoms with E-state index in [0.717, 1.165) is 61.5 Å². The van der Waals surface area contributed by atoms with E-state index >= 15 is 0 Å². The number of amides is 5. The molecule has 0 radical (unpaired) electrons. The number of nitrogens with zero attached hydrogens (tertiary/aromatic N) is 1. The maximum atomic E-state index is 12.4. The fraction of sp³-hybridized carbons (Fsp3) is 0.400. The smallest absolute Gasteiger partial charge is 0.373 e. The summed E-state index contributed by atoms with van der Waals surface area (Å²) in [6, 6.07) is 21.0. The van der Waals surface area contributed by atoms with Gasteiger partial charge in [-0.05, 0) is 109 Å². The molecular weight excluding hydrogens is 747 g/mol. The minimum Gasteiger partial charge on any atom is -0.470 e. The monoisotopic (exact) mass is 803 g/mol. The number of aryl methyl sites for hydroxylation is 4. The highest BCUT2D eigenvalue weighted by Gasteiger charge is 2.26. The van der Waals surface area contributed by atoms with Gasteiger partial charge in [-0.1, -0.05) is 42.8 Å². The van der Waals surface area contributed by atoms with Crippen LogP contribution in [0.5, 0.6) is 0 Å². The van der Waals surface area contributed by atoms with E-state index in [2.05, 4.69) is 26.6 Å². The first kappa shape index (κ1) is 48.0. The van der Waals surface area contributed by atoms with E-state index in [0.29, 0.717) is 30.5 Å². The zero-order valence-corrected chi connectivity index (χ0v) is 32.6. The molecule has 0 unspecified atom stereocenters. The van der Waals surface area contributed by atoms with Crippen LogP contribution in [0, 0.1) is 27.7 Å². The van der Waals surface area contributed by atoms with Crippen molar-refractivity contribution in [3.05, 3.63) is 107 Å². The van der Waals surface area contributed by atoms with Crippen LogP contribution >= 0.6 is 23.2 Å². The number of nitrogens with one attached hydrogen (secondary N) is 5. The number of furan rings is 2. The zero-order valence-electron chi connectivity index (χ0n) is 31.1. The van der Waals surface area contributed by atoms with Crippen LogP contribution in [-0.2, 0) is 9.59 Å². The largest absolute Gasteiger partial charge is 0.470 e. The van der Waals surface area contributed by atoms with Gasteiger partial charge in [-0.25, -0.2) is 9.59 Å². The second kappa shape index (κ2) is 27.5. The van der Waals surface area contributed by atoms with Crippen LogP contribution in [0.2, 0.25) is 0 Å². The van der Waals surface area contributed by atoms with Gasteiger partial charge in [-0.3, -0.25) is 4.79 Å². The highest BCUT2D eigenvalue weighted by atomic mass is 35.5. The number of hydrogen-bond donors (Lipinski definition) is 5. The lowest BCUT2D eigenvalue weighted by Gasteiger charge is -2.32. The van der Waals surface area contributed by atoms with Crippen LogP contribution in [0.4, 0.5) is 21.0 Å². The van der Waals surface area contributed by atoms with Gasteiger partial charge >= 0.3 is 18.2 Å². The normalized spacial score (nSPS) is 13.4. The second-order valence-electron chi connectivity index (χ2n) is 12.3. The molecule has 15 heteroatoms. The molecular formula is C40H56Cl2N6O7. The number of benzene rings is 2. The topological polar surface area (TPSA) is 175 Å². The van der Waals surface area contributed by atoms with Gasteiger partial charge in [0.25, 0.3) is 5.91 Å². The Morgan fingerprint density at radius 2 is 1.20 bits per heavy atom. The molecule has 55 heavy (non-hydrogen) atoms. The number of likely N-dealkylation sites (tertiary alicyclic amines) is 1. The van der Waals surface area contributed by atoms with Crippen molar-refractivity contribution in [3.63, 3.8) is 0 Å². The van der Waals surface area contributed by atoms with Crippen molar-refractivity contribution < 1.29 is 34.2 Å². The summed E-state index contributed by atoms with van der Waals surface area (Å²) >= 11 is 9.53. The molecule has 0 spiro atoms. The molecule has 0 saturated carbocycles. The Bertz CT molecular complexity index is 1690. The highest BCUT2D eigenvalue weighted by molar-refractivity contribution is 6.40. The third-order valence-corrected chi connectivity index (χ3v) is 8.16. The number of anilines is 2. The minimum atomic E-state index is -0.209. The standard InChI is InChI=1S/C19H23N3O3.C13H19N3O.C5H6O.CH2Cl2.CO2.CH4.H2/c1-13-3-5-15(6-4-13)20-19(24)21-16-7-10-22(11-8-16)18(23)17-9-12-25-14(17)2;1-10-2-4-11(5-3-10)15-13(17)16-12-6-8-14-9-7-12;1-5-3-2-4-6-5;2*2-1-3;;/h3-6,9,12,16H,7-8,10-11H2,1-2H3,(H2,20,21,24);2-5,12,14H,6-9H2,1H3,(H2,15,16,17);2-4H,1H3;1H2;;1H4;1H/i;;;;;;1+1. The average molecular weight is 805 g/mol.